The zero-order chi connectivity index (χ0) is 18.8. The molecular formula is C22H25N3O2. The monoisotopic (exact) mass is 363 g/mol. The predicted molar refractivity (Wildman–Crippen MR) is 107 cm³/mol. The molecule has 0 saturated carbocycles. The first kappa shape index (κ1) is 17.6. The van der Waals surface area contributed by atoms with E-state index in [0.29, 0.717) is 26.1 Å². The van der Waals surface area contributed by atoms with E-state index < -0.39 is 0 Å². The molecule has 0 N–H and O–H groups in total. The third-order valence-corrected chi connectivity index (χ3v) is 5.59. The highest BCUT2D eigenvalue weighted by Crippen LogP contribution is 2.29. The molecule has 140 valence electrons. The number of amides is 2. The van der Waals surface area contributed by atoms with Crippen molar-refractivity contribution in [3.8, 4) is 0 Å². The minimum absolute atomic E-state index is 0.0468. The van der Waals surface area contributed by atoms with Crippen LogP contribution >= 0.6 is 0 Å². The standard InChI is InChI=1S/C22H25N3O2/c1-17-7-5-6-10-20(17)25-16-18(15-21(25)26)22(27)24-13-11-23(12-14-24)19-8-3-2-4-9-19/h2-10,18H,11-16H2,1H3/t18-/m1/s1. The van der Waals surface area contributed by atoms with Crippen molar-refractivity contribution in [3.63, 3.8) is 0 Å². The number of rotatable bonds is 3. The van der Waals surface area contributed by atoms with Crippen LogP contribution in [-0.4, -0.2) is 49.4 Å². The van der Waals surface area contributed by atoms with Crippen LogP contribution in [-0.2, 0) is 9.59 Å². The molecule has 0 radical (unpaired) electrons. The van der Waals surface area contributed by atoms with Crippen molar-refractivity contribution in [3.05, 3.63) is 60.2 Å². The van der Waals surface area contributed by atoms with Crippen LogP contribution in [0.2, 0.25) is 0 Å². The van der Waals surface area contributed by atoms with E-state index in [1.807, 2.05) is 54.3 Å². The highest BCUT2D eigenvalue weighted by atomic mass is 16.2. The largest absolute Gasteiger partial charge is 0.368 e. The molecule has 4 rings (SSSR count). The Hall–Kier alpha value is -2.82. The molecule has 0 spiro atoms. The first-order chi connectivity index (χ1) is 13.1. The van der Waals surface area contributed by atoms with Crippen LogP contribution in [0.3, 0.4) is 0 Å². The lowest BCUT2D eigenvalue weighted by Crippen LogP contribution is -2.50. The van der Waals surface area contributed by atoms with Gasteiger partial charge >= 0.3 is 0 Å². The van der Waals surface area contributed by atoms with Gasteiger partial charge in [-0.1, -0.05) is 36.4 Å². The number of aryl methyl sites for hydroxylation is 1. The van der Waals surface area contributed by atoms with Gasteiger partial charge in [0.2, 0.25) is 11.8 Å². The van der Waals surface area contributed by atoms with Gasteiger partial charge in [0.1, 0.15) is 0 Å². The molecule has 2 saturated heterocycles. The summed E-state index contributed by atoms with van der Waals surface area (Å²) in [7, 11) is 0. The maximum absolute atomic E-state index is 13.0. The Bertz CT molecular complexity index is 828. The number of para-hydroxylation sites is 2. The van der Waals surface area contributed by atoms with Crippen molar-refractivity contribution < 1.29 is 9.59 Å². The van der Waals surface area contributed by atoms with E-state index in [-0.39, 0.29) is 17.7 Å². The van der Waals surface area contributed by atoms with Crippen LogP contribution in [0.25, 0.3) is 0 Å². The fourth-order valence-corrected chi connectivity index (χ4v) is 4.05. The molecule has 2 aromatic carbocycles. The molecule has 2 heterocycles. The highest BCUT2D eigenvalue weighted by molar-refractivity contribution is 6.00. The summed E-state index contributed by atoms with van der Waals surface area (Å²) in [6, 6.07) is 18.2. The van der Waals surface area contributed by atoms with Gasteiger partial charge in [0.25, 0.3) is 0 Å². The second kappa shape index (κ2) is 7.43. The lowest BCUT2D eigenvalue weighted by molar-refractivity contribution is -0.136. The molecule has 5 heteroatoms. The second-order valence-corrected chi connectivity index (χ2v) is 7.34. The molecule has 0 aromatic heterocycles. The van der Waals surface area contributed by atoms with Crippen molar-refractivity contribution in [2.75, 3.05) is 42.5 Å². The van der Waals surface area contributed by atoms with Gasteiger partial charge < -0.3 is 14.7 Å². The average molecular weight is 363 g/mol. The van der Waals surface area contributed by atoms with Gasteiger partial charge in [-0.15, -0.1) is 0 Å². The topological polar surface area (TPSA) is 43.9 Å². The maximum atomic E-state index is 13.0. The van der Waals surface area contributed by atoms with Crippen LogP contribution in [0.4, 0.5) is 11.4 Å². The second-order valence-electron chi connectivity index (χ2n) is 7.34. The third-order valence-electron chi connectivity index (χ3n) is 5.59. The Kier molecular flexibility index (Phi) is 4.84. The van der Waals surface area contributed by atoms with Crippen LogP contribution in [0.15, 0.2) is 54.6 Å². The van der Waals surface area contributed by atoms with Crippen molar-refractivity contribution in [1.29, 1.82) is 0 Å². The molecule has 1 atom stereocenters. The minimum atomic E-state index is -0.236. The van der Waals surface area contributed by atoms with Gasteiger partial charge in [-0.3, -0.25) is 9.59 Å². The van der Waals surface area contributed by atoms with E-state index in [1.165, 1.54) is 5.69 Å². The van der Waals surface area contributed by atoms with Crippen molar-refractivity contribution >= 4 is 23.2 Å². The Morgan fingerprint density at radius 1 is 0.926 bits per heavy atom. The molecule has 2 aliphatic heterocycles. The van der Waals surface area contributed by atoms with Crippen LogP contribution in [0, 0.1) is 12.8 Å². The lowest BCUT2D eigenvalue weighted by Gasteiger charge is -2.37. The number of carbonyl (C=O) groups excluding carboxylic acids is 2. The molecule has 5 nitrogen and oxygen atoms in total. The average Bonchev–Trinajstić information content (AvgIpc) is 3.10. The van der Waals surface area contributed by atoms with Gasteiger partial charge in [-0.05, 0) is 30.7 Å². The quantitative estimate of drug-likeness (QED) is 0.842. The number of carbonyl (C=O) groups is 2. The molecule has 2 aromatic rings. The molecule has 2 amide bonds. The molecule has 2 fully saturated rings. The van der Waals surface area contributed by atoms with E-state index >= 15 is 0 Å². The number of benzene rings is 2. The highest BCUT2D eigenvalue weighted by Gasteiger charge is 2.38. The first-order valence-corrected chi connectivity index (χ1v) is 9.58. The number of hydrogen-bond donors (Lipinski definition) is 0. The number of nitrogens with zero attached hydrogens (tertiary/aromatic N) is 3. The Morgan fingerprint density at radius 2 is 1.59 bits per heavy atom. The summed E-state index contributed by atoms with van der Waals surface area (Å²) >= 11 is 0. The van der Waals surface area contributed by atoms with Gasteiger partial charge in [0.15, 0.2) is 0 Å². The maximum Gasteiger partial charge on any atom is 0.228 e. The van der Waals surface area contributed by atoms with Crippen molar-refractivity contribution in [2.45, 2.75) is 13.3 Å². The van der Waals surface area contributed by atoms with E-state index in [2.05, 4.69) is 17.0 Å². The van der Waals surface area contributed by atoms with Crippen LogP contribution in [0.5, 0.6) is 0 Å². The van der Waals surface area contributed by atoms with Gasteiger partial charge in [0.05, 0.1) is 5.92 Å². The number of piperazine rings is 1. The van der Waals surface area contributed by atoms with Gasteiger partial charge in [0, 0.05) is 50.5 Å². The molecule has 27 heavy (non-hydrogen) atoms. The summed E-state index contributed by atoms with van der Waals surface area (Å²) in [6.45, 7) is 5.57. The fourth-order valence-electron chi connectivity index (χ4n) is 4.05. The van der Waals surface area contributed by atoms with E-state index in [1.54, 1.807) is 4.90 Å². The van der Waals surface area contributed by atoms with Gasteiger partial charge in [-0.25, -0.2) is 0 Å². The third kappa shape index (κ3) is 3.54. The van der Waals surface area contributed by atoms with E-state index in [0.717, 1.165) is 24.3 Å². The Labute approximate surface area is 160 Å². The summed E-state index contributed by atoms with van der Waals surface area (Å²) in [5.74, 6) is -0.0712. The molecule has 0 unspecified atom stereocenters. The predicted octanol–water partition coefficient (Wildman–Crippen LogP) is 2.70. The zero-order valence-electron chi connectivity index (χ0n) is 15.7. The molecule has 0 bridgehead atoms. The van der Waals surface area contributed by atoms with E-state index in [9.17, 15) is 9.59 Å². The normalized spacial score (nSPS) is 20.3. The van der Waals surface area contributed by atoms with Crippen LogP contribution in [0.1, 0.15) is 12.0 Å². The first-order valence-electron chi connectivity index (χ1n) is 9.58. The molecular weight excluding hydrogens is 338 g/mol. The number of anilines is 2. The molecule has 0 aliphatic carbocycles. The fraction of sp³-hybridized carbons (Fsp3) is 0.364. The smallest absolute Gasteiger partial charge is 0.228 e. The number of hydrogen-bond acceptors (Lipinski definition) is 3. The Morgan fingerprint density at radius 3 is 2.30 bits per heavy atom. The minimum Gasteiger partial charge on any atom is -0.368 e. The van der Waals surface area contributed by atoms with E-state index in [4.69, 9.17) is 0 Å². The van der Waals surface area contributed by atoms with Crippen molar-refractivity contribution in [2.24, 2.45) is 5.92 Å². The van der Waals surface area contributed by atoms with Crippen LogP contribution < -0.4 is 9.80 Å². The summed E-state index contributed by atoms with van der Waals surface area (Å²) in [5.41, 5.74) is 3.19. The lowest BCUT2D eigenvalue weighted by atomic mass is 10.1. The zero-order valence-corrected chi connectivity index (χ0v) is 15.7. The van der Waals surface area contributed by atoms with Crippen molar-refractivity contribution in [1.82, 2.24) is 4.90 Å². The summed E-state index contributed by atoms with van der Waals surface area (Å²) < 4.78 is 0. The Balaban J connectivity index is 1.38. The summed E-state index contributed by atoms with van der Waals surface area (Å²) in [6.07, 6.45) is 0.312. The summed E-state index contributed by atoms with van der Waals surface area (Å²) in [5, 5.41) is 0. The molecule has 2 aliphatic rings. The van der Waals surface area contributed by atoms with Gasteiger partial charge in [-0.2, -0.15) is 0 Å². The summed E-state index contributed by atoms with van der Waals surface area (Å²) in [4.78, 5) is 31.5. The SMILES string of the molecule is Cc1ccccc1N1C[C@H](C(=O)N2CCN(c3ccccc3)CC2)CC1=O.